The zero-order chi connectivity index (χ0) is 17.4. The van der Waals surface area contributed by atoms with Crippen molar-refractivity contribution in [3.63, 3.8) is 0 Å². The quantitative estimate of drug-likeness (QED) is 0.465. The maximum Gasteiger partial charge on any atom is 0.122 e. The average Bonchev–Trinajstić information content (AvgIpc) is 2.61. The van der Waals surface area contributed by atoms with Gasteiger partial charge in [0, 0.05) is 0 Å². The summed E-state index contributed by atoms with van der Waals surface area (Å²) in [5, 5.41) is 2.39. The maximum absolute atomic E-state index is 6.05. The zero-order valence-corrected chi connectivity index (χ0v) is 15.9. The van der Waals surface area contributed by atoms with Gasteiger partial charge < -0.3 is 9.47 Å². The summed E-state index contributed by atoms with van der Waals surface area (Å²) in [7, 11) is 0. The van der Waals surface area contributed by atoms with Crippen molar-refractivity contribution in [3.05, 3.63) is 35.9 Å². The Morgan fingerprint density at radius 2 is 1.92 bits per heavy atom. The molecule has 0 N–H and O–H groups in total. The van der Waals surface area contributed by atoms with E-state index in [4.69, 9.17) is 21.1 Å². The Morgan fingerprint density at radius 3 is 2.62 bits per heavy atom. The lowest BCUT2D eigenvalue weighted by Crippen LogP contribution is -2.11. The number of benzene rings is 2. The molecule has 2 nitrogen and oxygen atoms in total. The lowest BCUT2D eigenvalue weighted by molar-refractivity contribution is 0.233. The smallest absolute Gasteiger partial charge is 0.122 e. The summed E-state index contributed by atoms with van der Waals surface area (Å²) < 4.78 is 11.7. The van der Waals surface area contributed by atoms with Crippen molar-refractivity contribution in [3.8, 4) is 11.5 Å². The van der Waals surface area contributed by atoms with E-state index in [0.717, 1.165) is 23.7 Å². The van der Waals surface area contributed by atoms with Crippen LogP contribution in [0.25, 0.3) is 10.8 Å². The molecule has 2 rings (SSSR count). The summed E-state index contributed by atoms with van der Waals surface area (Å²) in [6, 6.07) is 10.4. The highest BCUT2D eigenvalue weighted by atomic mass is 35.5. The number of halogens is 1. The molecule has 3 heteroatoms. The molecular formula is C21H29ClO2. The first-order valence-corrected chi connectivity index (χ1v) is 9.58. The van der Waals surface area contributed by atoms with E-state index in [1.54, 1.807) is 0 Å². The average molecular weight is 349 g/mol. The number of hydrogen-bond acceptors (Lipinski definition) is 2. The van der Waals surface area contributed by atoms with Gasteiger partial charge in [-0.15, -0.1) is 11.6 Å². The molecule has 0 saturated heterocycles. The Bertz CT molecular complexity index is 639. The first-order chi connectivity index (χ1) is 11.7. The SMILES string of the molecule is CCCCC(CC)COc1ccc2c(C)c(OCCCl)ccc2c1. The van der Waals surface area contributed by atoms with Crippen LogP contribution in [-0.2, 0) is 0 Å². The molecule has 0 aliphatic rings. The second-order valence-corrected chi connectivity index (χ2v) is 6.71. The minimum Gasteiger partial charge on any atom is -0.493 e. The van der Waals surface area contributed by atoms with Crippen LogP contribution >= 0.6 is 11.6 Å². The molecule has 24 heavy (non-hydrogen) atoms. The van der Waals surface area contributed by atoms with E-state index in [9.17, 15) is 0 Å². The Hall–Kier alpha value is -1.41. The maximum atomic E-state index is 6.05. The Morgan fingerprint density at radius 1 is 1.08 bits per heavy atom. The molecule has 0 radical (unpaired) electrons. The van der Waals surface area contributed by atoms with Crippen LogP contribution in [0, 0.1) is 12.8 Å². The number of aryl methyl sites for hydroxylation is 1. The molecule has 0 spiro atoms. The van der Waals surface area contributed by atoms with Crippen molar-refractivity contribution in [2.45, 2.75) is 46.5 Å². The fourth-order valence-electron chi connectivity index (χ4n) is 2.95. The number of hydrogen-bond donors (Lipinski definition) is 0. The highest BCUT2D eigenvalue weighted by Crippen LogP contribution is 2.30. The zero-order valence-electron chi connectivity index (χ0n) is 15.1. The highest BCUT2D eigenvalue weighted by molar-refractivity contribution is 6.18. The van der Waals surface area contributed by atoms with Gasteiger partial charge in [0.1, 0.15) is 18.1 Å². The molecule has 0 saturated carbocycles. The molecular weight excluding hydrogens is 320 g/mol. The largest absolute Gasteiger partial charge is 0.493 e. The third kappa shape index (κ3) is 5.04. The lowest BCUT2D eigenvalue weighted by Gasteiger charge is -2.16. The van der Waals surface area contributed by atoms with Crippen LogP contribution in [0.3, 0.4) is 0 Å². The minimum absolute atomic E-state index is 0.501. The summed E-state index contributed by atoms with van der Waals surface area (Å²) in [4.78, 5) is 0. The molecule has 0 aromatic heterocycles. The summed E-state index contributed by atoms with van der Waals surface area (Å²) in [5.41, 5.74) is 1.15. The molecule has 0 aliphatic carbocycles. The van der Waals surface area contributed by atoms with Gasteiger partial charge in [0.25, 0.3) is 0 Å². The molecule has 0 bridgehead atoms. The number of ether oxygens (including phenoxy) is 2. The van der Waals surface area contributed by atoms with Gasteiger partial charge in [-0.3, -0.25) is 0 Å². The molecule has 132 valence electrons. The minimum atomic E-state index is 0.501. The molecule has 0 fully saturated rings. The topological polar surface area (TPSA) is 18.5 Å². The third-order valence-corrected chi connectivity index (χ3v) is 4.73. The Balaban J connectivity index is 2.08. The number of alkyl halides is 1. The van der Waals surface area contributed by atoms with Crippen LogP contribution < -0.4 is 9.47 Å². The van der Waals surface area contributed by atoms with E-state index in [0.29, 0.717) is 18.4 Å². The second kappa shape index (κ2) is 9.78. The van der Waals surface area contributed by atoms with Crippen LogP contribution in [0.1, 0.15) is 45.1 Å². The van der Waals surface area contributed by atoms with Crippen molar-refractivity contribution in [2.24, 2.45) is 5.92 Å². The number of fused-ring (bicyclic) bond motifs is 1. The normalized spacial score (nSPS) is 12.3. The van der Waals surface area contributed by atoms with Gasteiger partial charge in [0.15, 0.2) is 0 Å². The van der Waals surface area contributed by atoms with Crippen molar-refractivity contribution in [2.75, 3.05) is 19.1 Å². The van der Waals surface area contributed by atoms with Crippen LogP contribution in [0.2, 0.25) is 0 Å². The summed E-state index contributed by atoms with van der Waals surface area (Å²) in [5.74, 6) is 3.00. The van der Waals surface area contributed by atoms with E-state index in [1.807, 2.05) is 6.07 Å². The molecule has 1 unspecified atom stereocenters. The van der Waals surface area contributed by atoms with Gasteiger partial charge in [0.05, 0.1) is 12.5 Å². The van der Waals surface area contributed by atoms with Crippen LogP contribution in [0.5, 0.6) is 11.5 Å². The fourth-order valence-corrected chi connectivity index (χ4v) is 3.03. The van der Waals surface area contributed by atoms with E-state index in [2.05, 4.69) is 45.0 Å². The molecule has 0 amide bonds. The van der Waals surface area contributed by atoms with Crippen LogP contribution in [0.15, 0.2) is 30.3 Å². The van der Waals surface area contributed by atoms with Crippen molar-refractivity contribution >= 4 is 22.4 Å². The van der Waals surface area contributed by atoms with Crippen molar-refractivity contribution < 1.29 is 9.47 Å². The fraction of sp³-hybridized carbons (Fsp3) is 0.524. The number of unbranched alkanes of at least 4 members (excludes halogenated alkanes) is 1. The molecule has 2 aromatic carbocycles. The standard InChI is InChI=1S/C21H29ClO2/c1-4-6-7-17(5-2)15-24-19-9-10-20-16(3)21(23-13-12-22)11-8-18(20)14-19/h8-11,14,17H,4-7,12-13,15H2,1-3H3. The Kier molecular flexibility index (Phi) is 7.71. The van der Waals surface area contributed by atoms with Crippen molar-refractivity contribution in [1.82, 2.24) is 0 Å². The lowest BCUT2D eigenvalue weighted by atomic mass is 10.0. The predicted molar refractivity (Wildman–Crippen MR) is 104 cm³/mol. The molecule has 0 heterocycles. The third-order valence-electron chi connectivity index (χ3n) is 4.57. The summed E-state index contributed by atoms with van der Waals surface area (Å²) in [6.07, 6.45) is 4.96. The van der Waals surface area contributed by atoms with Gasteiger partial charge in [-0.05, 0) is 53.8 Å². The number of rotatable bonds is 10. The van der Waals surface area contributed by atoms with E-state index < -0.39 is 0 Å². The first-order valence-electron chi connectivity index (χ1n) is 9.04. The van der Waals surface area contributed by atoms with Gasteiger partial charge in [0.2, 0.25) is 0 Å². The predicted octanol–water partition coefficient (Wildman–Crippen LogP) is 6.36. The molecule has 2 aromatic rings. The Labute approximate surface area is 151 Å². The van der Waals surface area contributed by atoms with E-state index >= 15 is 0 Å². The highest BCUT2D eigenvalue weighted by Gasteiger charge is 2.09. The van der Waals surface area contributed by atoms with Gasteiger partial charge in [-0.25, -0.2) is 0 Å². The van der Waals surface area contributed by atoms with Gasteiger partial charge in [-0.2, -0.15) is 0 Å². The molecule has 1 atom stereocenters. The van der Waals surface area contributed by atoms with E-state index in [-0.39, 0.29) is 0 Å². The van der Waals surface area contributed by atoms with Gasteiger partial charge in [-0.1, -0.05) is 45.2 Å². The van der Waals surface area contributed by atoms with Gasteiger partial charge >= 0.3 is 0 Å². The van der Waals surface area contributed by atoms with E-state index in [1.165, 1.54) is 36.5 Å². The first kappa shape index (κ1) is 18.9. The second-order valence-electron chi connectivity index (χ2n) is 6.34. The molecule has 0 aliphatic heterocycles. The summed E-state index contributed by atoms with van der Waals surface area (Å²) >= 11 is 5.71. The van der Waals surface area contributed by atoms with Crippen LogP contribution in [0.4, 0.5) is 0 Å². The van der Waals surface area contributed by atoms with Crippen LogP contribution in [-0.4, -0.2) is 19.1 Å². The summed E-state index contributed by atoms with van der Waals surface area (Å²) in [6.45, 7) is 7.91. The van der Waals surface area contributed by atoms with Crippen molar-refractivity contribution in [1.29, 1.82) is 0 Å². The monoisotopic (exact) mass is 348 g/mol.